The fourth-order valence-corrected chi connectivity index (χ4v) is 4.20. The van der Waals surface area contributed by atoms with Gasteiger partial charge < -0.3 is 10.2 Å². The van der Waals surface area contributed by atoms with Crippen LogP contribution in [0.4, 0.5) is 0 Å². The Bertz CT molecular complexity index is 465. The third-order valence-corrected chi connectivity index (χ3v) is 6.32. The number of allylic oxidation sites excluding steroid dienone is 1. The summed E-state index contributed by atoms with van der Waals surface area (Å²) in [5.74, 6) is -2.27. The second-order valence-corrected chi connectivity index (χ2v) is 9.46. The Morgan fingerprint density at radius 1 is 0.636 bits per heavy atom. The fraction of sp³-hybridized carbons (Fsp3) is 0.857. The molecule has 0 aliphatic rings. The van der Waals surface area contributed by atoms with Crippen molar-refractivity contribution in [1.82, 2.24) is 0 Å². The van der Waals surface area contributed by atoms with Gasteiger partial charge in [-0.25, -0.2) is 0 Å². The molecule has 0 aromatic heterocycles. The molecule has 5 heteroatoms. The van der Waals surface area contributed by atoms with E-state index in [2.05, 4.69) is 6.92 Å². The van der Waals surface area contributed by atoms with Gasteiger partial charge in [0.2, 0.25) is 0 Å². The quantitative estimate of drug-likeness (QED) is 0.0816. The monoisotopic (exact) mass is 460 g/mol. The third kappa shape index (κ3) is 27.4. The van der Waals surface area contributed by atoms with Gasteiger partial charge in [0.1, 0.15) is 0 Å². The first-order valence-corrected chi connectivity index (χ1v) is 13.7. The van der Waals surface area contributed by atoms with Crippen LogP contribution in [0.5, 0.6) is 0 Å². The zero-order valence-electron chi connectivity index (χ0n) is 21.0. The van der Waals surface area contributed by atoms with Crippen LogP contribution in [-0.4, -0.2) is 41.0 Å². The number of carboxylic acids is 2. The van der Waals surface area contributed by atoms with E-state index in [9.17, 15) is 14.7 Å². The first kappa shape index (κ1) is 34.4. The molecule has 0 amide bonds. The molecule has 0 rings (SSSR count). The second kappa shape index (κ2) is 27.5. The summed E-state index contributed by atoms with van der Waals surface area (Å²) in [7, 11) is 0. The van der Waals surface area contributed by atoms with Crippen molar-refractivity contribution in [2.45, 2.75) is 148 Å². The van der Waals surface area contributed by atoms with Crippen LogP contribution >= 0.6 is 0 Å². The molecule has 1 unspecified atom stereocenters. The van der Waals surface area contributed by atoms with Gasteiger partial charge >= 0.3 is 30.8 Å². The van der Waals surface area contributed by atoms with E-state index in [0.29, 0.717) is 12.8 Å². The number of unbranched alkanes of at least 4 members (excludes halogenated alkanes) is 18. The molecular weight excluding hydrogens is 407 g/mol. The number of aliphatic carboxylic acids is 2. The summed E-state index contributed by atoms with van der Waals surface area (Å²) in [6, 6.07) is 0. The van der Waals surface area contributed by atoms with Crippen LogP contribution in [-0.2, 0) is 9.59 Å². The molecule has 2 N–H and O–H groups in total. The SMILES string of the molecule is CCCCCCCCCCCCCCCCCCCCC=CC(CCCC(=O)O)C(=O)O.[LiH]. The van der Waals surface area contributed by atoms with Gasteiger partial charge in [0.25, 0.3) is 0 Å². The van der Waals surface area contributed by atoms with E-state index in [1.165, 1.54) is 109 Å². The van der Waals surface area contributed by atoms with Crippen molar-refractivity contribution in [2.75, 3.05) is 0 Å². The van der Waals surface area contributed by atoms with Crippen LogP contribution in [0.3, 0.4) is 0 Å². The average Bonchev–Trinajstić information content (AvgIpc) is 2.76. The number of carboxylic acid groups (broad SMARTS) is 2. The molecule has 1 atom stereocenters. The standard InChI is InChI=1S/C28H52O4.Li.H/c1-2-3-4-5-6-7-8-9-10-11-12-13-14-15-16-17-18-19-20-21-23-26(28(31)32)24-22-25-27(29)30;;/h21,23,26H,2-20,22,24-25H2,1H3,(H,29,30)(H,31,32);;. The molecule has 0 spiro atoms. The Morgan fingerprint density at radius 2 is 1.03 bits per heavy atom. The Kier molecular flexibility index (Phi) is 28.7. The first-order chi connectivity index (χ1) is 15.6. The fourth-order valence-electron chi connectivity index (χ4n) is 4.20. The third-order valence-electron chi connectivity index (χ3n) is 6.32. The molecule has 0 bridgehead atoms. The molecule has 0 fully saturated rings. The molecule has 33 heavy (non-hydrogen) atoms. The van der Waals surface area contributed by atoms with Crippen LogP contribution < -0.4 is 0 Å². The molecule has 0 saturated heterocycles. The number of rotatable bonds is 25. The van der Waals surface area contributed by atoms with E-state index in [1.807, 2.05) is 6.08 Å². The number of hydrogen-bond acceptors (Lipinski definition) is 2. The van der Waals surface area contributed by atoms with Crippen molar-refractivity contribution in [1.29, 1.82) is 0 Å². The van der Waals surface area contributed by atoms with E-state index in [0.717, 1.165) is 12.8 Å². The topological polar surface area (TPSA) is 74.6 Å². The van der Waals surface area contributed by atoms with Crippen LogP contribution in [0.1, 0.15) is 148 Å². The summed E-state index contributed by atoms with van der Waals surface area (Å²) < 4.78 is 0. The minimum absolute atomic E-state index is 0. The number of hydrogen-bond donors (Lipinski definition) is 2. The molecule has 190 valence electrons. The van der Waals surface area contributed by atoms with Crippen LogP contribution in [0, 0.1) is 5.92 Å². The summed E-state index contributed by atoms with van der Waals surface area (Å²) in [6.45, 7) is 2.28. The average molecular weight is 461 g/mol. The molecule has 0 aromatic rings. The Labute approximate surface area is 216 Å². The van der Waals surface area contributed by atoms with Gasteiger partial charge in [0, 0.05) is 6.42 Å². The zero-order chi connectivity index (χ0) is 23.7. The second-order valence-electron chi connectivity index (χ2n) is 9.46. The Morgan fingerprint density at radius 3 is 1.39 bits per heavy atom. The molecule has 4 nitrogen and oxygen atoms in total. The summed E-state index contributed by atoms with van der Waals surface area (Å²) in [5.41, 5.74) is 0. The van der Waals surface area contributed by atoms with Crippen molar-refractivity contribution >= 4 is 30.8 Å². The summed E-state index contributed by atoms with van der Waals surface area (Å²) in [6.07, 6.45) is 30.1. The van der Waals surface area contributed by atoms with Gasteiger partial charge in [-0.2, -0.15) is 0 Å². The normalized spacial score (nSPS) is 12.0. The van der Waals surface area contributed by atoms with Gasteiger partial charge in [-0.15, -0.1) is 0 Å². The molecule has 0 heterocycles. The van der Waals surface area contributed by atoms with Gasteiger partial charge in [0.05, 0.1) is 5.92 Å². The van der Waals surface area contributed by atoms with Gasteiger partial charge in [0.15, 0.2) is 0 Å². The van der Waals surface area contributed by atoms with Gasteiger partial charge in [-0.3, -0.25) is 9.59 Å². The number of carbonyl (C=O) groups is 2. The zero-order valence-corrected chi connectivity index (χ0v) is 21.0. The van der Waals surface area contributed by atoms with Crippen LogP contribution in [0.2, 0.25) is 0 Å². The van der Waals surface area contributed by atoms with Crippen molar-refractivity contribution in [2.24, 2.45) is 5.92 Å². The van der Waals surface area contributed by atoms with Crippen LogP contribution in [0.15, 0.2) is 12.2 Å². The van der Waals surface area contributed by atoms with Crippen LogP contribution in [0.25, 0.3) is 0 Å². The summed E-state index contributed by atoms with van der Waals surface area (Å²) >= 11 is 0. The molecule has 0 saturated carbocycles. The van der Waals surface area contributed by atoms with Crippen molar-refractivity contribution in [3.05, 3.63) is 12.2 Å². The summed E-state index contributed by atoms with van der Waals surface area (Å²) in [4.78, 5) is 21.7. The van der Waals surface area contributed by atoms with Gasteiger partial charge in [-0.1, -0.05) is 128 Å². The maximum absolute atomic E-state index is 11.2. The molecule has 0 aromatic carbocycles. The summed E-state index contributed by atoms with van der Waals surface area (Å²) in [5, 5.41) is 17.8. The van der Waals surface area contributed by atoms with E-state index in [4.69, 9.17) is 5.11 Å². The van der Waals surface area contributed by atoms with Crippen molar-refractivity contribution in [3.8, 4) is 0 Å². The molecular formula is C28H53LiO4. The predicted molar refractivity (Wildman–Crippen MR) is 142 cm³/mol. The molecule has 0 aliphatic heterocycles. The minimum atomic E-state index is -0.864. The van der Waals surface area contributed by atoms with Gasteiger partial charge in [-0.05, 0) is 25.7 Å². The maximum atomic E-state index is 11.2. The van der Waals surface area contributed by atoms with Crippen molar-refractivity contribution in [3.63, 3.8) is 0 Å². The predicted octanol–water partition coefficient (Wildman–Crippen LogP) is 8.28. The van der Waals surface area contributed by atoms with E-state index in [1.54, 1.807) is 6.08 Å². The Balaban J connectivity index is 0. The molecule has 0 aliphatic carbocycles. The van der Waals surface area contributed by atoms with Crippen molar-refractivity contribution < 1.29 is 19.8 Å². The molecule has 0 radical (unpaired) electrons. The van der Waals surface area contributed by atoms with E-state index < -0.39 is 17.9 Å². The Hall–Kier alpha value is -0.723. The van der Waals surface area contributed by atoms with E-state index >= 15 is 0 Å². The van der Waals surface area contributed by atoms with E-state index in [-0.39, 0.29) is 25.3 Å². The first-order valence-electron chi connectivity index (χ1n) is 13.7.